The number of nitrogens with zero attached hydrogens (tertiary/aromatic N) is 2. The molecule has 2 aliphatic rings. The number of hydrogen-bond acceptors (Lipinski definition) is 4. The largest absolute Gasteiger partial charge is 0.387 e. The molecule has 26 heavy (non-hydrogen) atoms. The predicted molar refractivity (Wildman–Crippen MR) is 106 cm³/mol. The highest BCUT2D eigenvalue weighted by Crippen LogP contribution is 2.32. The van der Waals surface area contributed by atoms with E-state index in [-0.39, 0.29) is 12.2 Å². The van der Waals surface area contributed by atoms with Gasteiger partial charge in [0.25, 0.3) is 0 Å². The highest BCUT2D eigenvalue weighted by Gasteiger charge is 2.25. The molecular formula is C22H32N2O2. The molecule has 0 fully saturated rings. The van der Waals surface area contributed by atoms with Gasteiger partial charge in [0.2, 0.25) is 0 Å². The molecule has 4 nitrogen and oxygen atoms in total. The lowest BCUT2D eigenvalue weighted by Gasteiger charge is -2.12. The highest BCUT2D eigenvalue weighted by atomic mass is 16.6. The van der Waals surface area contributed by atoms with Gasteiger partial charge in [0.05, 0.1) is 11.4 Å². The Kier molecular flexibility index (Phi) is 7.10. The molecular weight excluding hydrogens is 324 g/mol. The van der Waals surface area contributed by atoms with Crippen LogP contribution < -0.4 is 0 Å². The Morgan fingerprint density at radius 3 is 1.54 bits per heavy atom. The van der Waals surface area contributed by atoms with Crippen molar-refractivity contribution in [3.63, 3.8) is 0 Å². The van der Waals surface area contributed by atoms with Gasteiger partial charge in [-0.2, -0.15) is 0 Å². The van der Waals surface area contributed by atoms with Gasteiger partial charge in [0.1, 0.15) is 0 Å². The summed E-state index contributed by atoms with van der Waals surface area (Å²) in [4.78, 5) is 11.3. The van der Waals surface area contributed by atoms with Crippen LogP contribution in [0.4, 0.5) is 0 Å². The average Bonchev–Trinajstić information content (AvgIpc) is 3.32. The van der Waals surface area contributed by atoms with Gasteiger partial charge in [-0.15, -0.1) is 0 Å². The first kappa shape index (κ1) is 18.9. The summed E-state index contributed by atoms with van der Waals surface area (Å²) in [7, 11) is 0. The highest BCUT2D eigenvalue weighted by molar-refractivity contribution is 5.86. The third kappa shape index (κ3) is 5.09. The number of unbranched alkanes of at least 4 members (excludes halogenated alkanes) is 4. The van der Waals surface area contributed by atoms with E-state index < -0.39 is 0 Å². The summed E-state index contributed by atoms with van der Waals surface area (Å²) in [6.07, 6.45) is 11.6. The van der Waals surface area contributed by atoms with Crippen LogP contribution >= 0.6 is 0 Å². The minimum absolute atomic E-state index is 0.0750. The molecule has 0 bridgehead atoms. The summed E-state index contributed by atoms with van der Waals surface area (Å²) in [5.41, 5.74) is 4.81. The summed E-state index contributed by atoms with van der Waals surface area (Å²) < 4.78 is 0. The van der Waals surface area contributed by atoms with Gasteiger partial charge in [-0.05, 0) is 36.8 Å². The van der Waals surface area contributed by atoms with Crippen molar-refractivity contribution in [1.82, 2.24) is 0 Å². The van der Waals surface area contributed by atoms with Crippen molar-refractivity contribution < 1.29 is 9.68 Å². The van der Waals surface area contributed by atoms with E-state index in [4.69, 9.17) is 9.68 Å². The number of rotatable bonds is 10. The molecule has 142 valence electrons. The van der Waals surface area contributed by atoms with Gasteiger partial charge < -0.3 is 9.68 Å². The second-order valence-corrected chi connectivity index (χ2v) is 7.49. The number of oxime groups is 2. The summed E-state index contributed by atoms with van der Waals surface area (Å²) in [5, 5.41) is 8.57. The molecule has 0 radical (unpaired) electrons. The molecule has 0 saturated heterocycles. The second-order valence-electron chi connectivity index (χ2n) is 7.49. The van der Waals surface area contributed by atoms with Crippen molar-refractivity contribution in [2.45, 2.75) is 90.3 Å². The summed E-state index contributed by atoms with van der Waals surface area (Å²) >= 11 is 0. The first-order chi connectivity index (χ1) is 12.8. The zero-order valence-electron chi connectivity index (χ0n) is 16.2. The van der Waals surface area contributed by atoms with Crippen molar-refractivity contribution in [1.29, 1.82) is 0 Å². The van der Waals surface area contributed by atoms with Crippen LogP contribution in [0.2, 0.25) is 0 Å². The maximum Gasteiger partial charge on any atom is 0.157 e. The lowest BCUT2D eigenvalue weighted by molar-refractivity contribution is 0.0832. The fourth-order valence-corrected chi connectivity index (χ4v) is 3.59. The van der Waals surface area contributed by atoms with Crippen molar-refractivity contribution >= 4 is 11.4 Å². The van der Waals surface area contributed by atoms with E-state index in [1.165, 1.54) is 61.1 Å². The van der Waals surface area contributed by atoms with E-state index in [2.05, 4.69) is 48.4 Å². The van der Waals surface area contributed by atoms with Gasteiger partial charge in [0, 0.05) is 12.8 Å². The Morgan fingerprint density at radius 1 is 0.731 bits per heavy atom. The normalized spacial score (nSPS) is 21.9. The van der Waals surface area contributed by atoms with Crippen LogP contribution in [-0.2, 0) is 9.68 Å². The molecule has 3 rings (SSSR count). The summed E-state index contributed by atoms with van der Waals surface area (Å²) in [6.45, 7) is 4.45. The van der Waals surface area contributed by atoms with Crippen LogP contribution in [0, 0.1) is 0 Å². The number of benzene rings is 1. The van der Waals surface area contributed by atoms with Crippen LogP contribution in [0.3, 0.4) is 0 Å². The average molecular weight is 357 g/mol. The van der Waals surface area contributed by atoms with Gasteiger partial charge in [0.15, 0.2) is 12.2 Å². The monoisotopic (exact) mass is 356 g/mol. The van der Waals surface area contributed by atoms with E-state index in [9.17, 15) is 0 Å². The zero-order valence-corrected chi connectivity index (χ0v) is 16.2. The lowest BCUT2D eigenvalue weighted by Crippen LogP contribution is -2.03. The predicted octanol–water partition coefficient (Wildman–Crippen LogP) is 6.48. The fourth-order valence-electron chi connectivity index (χ4n) is 3.59. The molecule has 0 aliphatic carbocycles. The maximum absolute atomic E-state index is 5.65. The lowest BCUT2D eigenvalue weighted by atomic mass is 9.97. The molecule has 1 aromatic carbocycles. The molecule has 2 aliphatic heterocycles. The quantitative estimate of drug-likeness (QED) is 0.450. The Balaban J connectivity index is 1.46. The number of hydrogen-bond donors (Lipinski definition) is 0. The van der Waals surface area contributed by atoms with Crippen LogP contribution in [0.1, 0.15) is 101 Å². The van der Waals surface area contributed by atoms with Crippen molar-refractivity contribution in [3.05, 3.63) is 35.4 Å². The molecule has 0 N–H and O–H groups in total. The Morgan fingerprint density at radius 2 is 1.15 bits per heavy atom. The van der Waals surface area contributed by atoms with E-state index in [0.717, 1.165) is 25.7 Å². The fraction of sp³-hybridized carbons (Fsp3) is 0.636. The van der Waals surface area contributed by atoms with Gasteiger partial charge in [-0.3, -0.25) is 0 Å². The maximum atomic E-state index is 5.65. The molecule has 2 atom stereocenters. The SMILES string of the molecule is CCCCCC1=NO[C@@H](c2ccc([C@H]3CC(CCCCC)=NO3)cc2)C1. The minimum Gasteiger partial charge on any atom is -0.387 e. The van der Waals surface area contributed by atoms with E-state index >= 15 is 0 Å². The molecule has 0 saturated carbocycles. The molecule has 0 aromatic heterocycles. The van der Waals surface area contributed by atoms with E-state index in [1.807, 2.05) is 0 Å². The first-order valence-corrected chi connectivity index (χ1v) is 10.3. The van der Waals surface area contributed by atoms with E-state index in [1.54, 1.807) is 0 Å². The van der Waals surface area contributed by atoms with Crippen molar-refractivity contribution in [2.75, 3.05) is 0 Å². The van der Waals surface area contributed by atoms with Crippen LogP contribution in [0.5, 0.6) is 0 Å². The topological polar surface area (TPSA) is 43.2 Å². The Labute approximate surface area is 157 Å². The third-order valence-electron chi connectivity index (χ3n) is 5.28. The van der Waals surface area contributed by atoms with E-state index in [0.29, 0.717) is 0 Å². The molecule has 1 aromatic rings. The molecule has 0 amide bonds. The smallest absolute Gasteiger partial charge is 0.157 e. The molecule has 4 heteroatoms. The van der Waals surface area contributed by atoms with Gasteiger partial charge in [-0.25, -0.2) is 0 Å². The Bertz CT molecular complexity index is 567. The van der Waals surface area contributed by atoms with Crippen molar-refractivity contribution in [3.8, 4) is 0 Å². The first-order valence-electron chi connectivity index (χ1n) is 10.3. The minimum atomic E-state index is 0.0750. The van der Waals surface area contributed by atoms with Crippen LogP contribution in [0.15, 0.2) is 34.6 Å². The molecule has 0 unspecified atom stereocenters. The summed E-state index contributed by atoms with van der Waals surface area (Å²) in [5.74, 6) is 0. The second kappa shape index (κ2) is 9.75. The van der Waals surface area contributed by atoms with Gasteiger partial charge >= 0.3 is 0 Å². The van der Waals surface area contributed by atoms with Crippen LogP contribution in [0.25, 0.3) is 0 Å². The zero-order chi connectivity index (χ0) is 18.2. The van der Waals surface area contributed by atoms with Gasteiger partial charge in [-0.1, -0.05) is 74.1 Å². The van der Waals surface area contributed by atoms with Crippen molar-refractivity contribution in [2.24, 2.45) is 10.3 Å². The molecule has 0 spiro atoms. The third-order valence-corrected chi connectivity index (χ3v) is 5.28. The Hall–Kier alpha value is -1.84. The summed E-state index contributed by atoms with van der Waals surface area (Å²) in [6, 6.07) is 8.62. The molecule has 2 heterocycles. The standard InChI is InChI=1S/C22H32N2O2/c1-3-5-7-9-19-15-21(25-23-19)17-11-13-18(14-12-17)22-16-20(24-26-22)10-8-6-4-2/h11-14,21-22H,3-10,15-16H2,1-2H3/t21-,22-/m1/s1. The van der Waals surface area contributed by atoms with Crippen LogP contribution in [-0.4, -0.2) is 11.4 Å².